The summed E-state index contributed by atoms with van der Waals surface area (Å²) in [7, 11) is 0. The van der Waals surface area contributed by atoms with E-state index in [-0.39, 0.29) is 0 Å². The zero-order valence-corrected chi connectivity index (χ0v) is 12.4. The first kappa shape index (κ1) is 13.1. The Labute approximate surface area is 127 Å². The molecule has 0 saturated heterocycles. The molecule has 0 radical (unpaired) electrons. The lowest BCUT2D eigenvalue weighted by Crippen LogP contribution is -1.87. The van der Waals surface area contributed by atoms with Crippen molar-refractivity contribution >= 4 is 33.2 Å². The van der Waals surface area contributed by atoms with Gasteiger partial charge in [-0.05, 0) is 46.3 Å². The Morgan fingerprint density at radius 1 is 1.20 bits per heavy atom. The summed E-state index contributed by atoms with van der Waals surface area (Å²) in [4.78, 5) is 8.50. The van der Waals surface area contributed by atoms with Gasteiger partial charge >= 0.3 is 0 Å². The second kappa shape index (κ2) is 5.22. The molecule has 7 heteroatoms. The molecule has 0 amide bonds. The Morgan fingerprint density at radius 2 is 2.05 bits per heavy atom. The van der Waals surface area contributed by atoms with E-state index in [1.165, 1.54) is 0 Å². The molecule has 5 nitrogen and oxygen atoms in total. The first-order valence-electron chi connectivity index (χ1n) is 5.64. The highest BCUT2D eigenvalue weighted by atomic mass is 79.9. The molecule has 0 fully saturated rings. The van der Waals surface area contributed by atoms with Crippen LogP contribution in [-0.2, 0) is 0 Å². The van der Waals surface area contributed by atoms with E-state index < -0.39 is 0 Å². The molecule has 0 bridgehead atoms. The van der Waals surface area contributed by atoms with Gasteiger partial charge in [0.2, 0.25) is 5.82 Å². The standard InChI is InChI=1S/C13H8BrClN4O/c14-7-1-4-11(17-6-7)12-18-13(20-19-12)9-3-2-8(16)5-10(9)15/h1-6H,16H2. The number of halogens is 2. The smallest absolute Gasteiger partial charge is 0.259 e. The Bertz CT molecular complexity index is 757. The van der Waals surface area contributed by atoms with Crippen LogP contribution >= 0.6 is 27.5 Å². The average Bonchev–Trinajstić information content (AvgIpc) is 2.89. The highest BCUT2D eigenvalue weighted by Gasteiger charge is 2.14. The monoisotopic (exact) mass is 350 g/mol. The summed E-state index contributed by atoms with van der Waals surface area (Å²) in [6.45, 7) is 0. The van der Waals surface area contributed by atoms with Crippen molar-refractivity contribution in [2.75, 3.05) is 5.73 Å². The second-order valence-corrected chi connectivity index (χ2v) is 5.35. The topological polar surface area (TPSA) is 77.8 Å². The molecule has 3 rings (SSSR count). The molecular formula is C13H8BrClN4O. The SMILES string of the molecule is Nc1ccc(-c2nc(-c3ccc(Br)cn3)no2)c(Cl)c1. The van der Waals surface area contributed by atoms with Crippen LogP contribution in [0.4, 0.5) is 5.69 Å². The molecule has 100 valence electrons. The average molecular weight is 352 g/mol. The number of nitrogens with zero attached hydrogens (tertiary/aromatic N) is 3. The zero-order valence-electron chi connectivity index (χ0n) is 10.0. The Kier molecular flexibility index (Phi) is 3.42. The Morgan fingerprint density at radius 3 is 2.75 bits per heavy atom. The van der Waals surface area contributed by atoms with E-state index in [0.29, 0.717) is 33.7 Å². The van der Waals surface area contributed by atoms with Crippen molar-refractivity contribution in [1.29, 1.82) is 0 Å². The minimum absolute atomic E-state index is 0.328. The third kappa shape index (κ3) is 2.52. The maximum Gasteiger partial charge on any atom is 0.259 e. The summed E-state index contributed by atoms with van der Waals surface area (Å²) >= 11 is 9.43. The van der Waals surface area contributed by atoms with Crippen LogP contribution in [-0.4, -0.2) is 15.1 Å². The number of nitrogen functional groups attached to an aromatic ring is 1. The molecule has 0 aliphatic carbocycles. The molecular weight excluding hydrogens is 344 g/mol. The van der Waals surface area contributed by atoms with Gasteiger partial charge in [0.25, 0.3) is 5.89 Å². The van der Waals surface area contributed by atoms with Crippen LogP contribution in [0.1, 0.15) is 0 Å². The van der Waals surface area contributed by atoms with Gasteiger partial charge in [-0.2, -0.15) is 4.98 Å². The maximum atomic E-state index is 6.11. The lowest BCUT2D eigenvalue weighted by Gasteiger charge is -1.99. The Balaban J connectivity index is 1.99. The van der Waals surface area contributed by atoms with Gasteiger partial charge in [0.15, 0.2) is 0 Å². The number of rotatable bonds is 2. The fraction of sp³-hybridized carbons (Fsp3) is 0. The normalized spacial score (nSPS) is 10.7. The van der Waals surface area contributed by atoms with Crippen molar-refractivity contribution in [2.45, 2.75) is 0 Å². The van der Waals surface area contributed by atoms with Crippen LogP contribution in [0, 0.1) is 0 Å². The molecule has 0 aliphatic rings. The van der Waals surface area contributed by atoms with Crippen molar-refractivity contribution in [2.24, 2.45) is 0 Å². The van der Waals surface area contributed by atoms with Gasteiger partial charge in [0.1, 0.15) is 5.69 Å². The van der Waals surface area contributed by atoms with E-state index in [2.05, 4.69) is 31.1 Å². The molecule has 0 unspecified atom stereocenters. The van der Waals surface area contributed by atoms with Gasteiger partial charge in [-0.25, -0.2) is 0 Å². The summed E-state index contributed by atoms with van der Waals surface area (Å²) < 4.78 is 6.10. The van der Waals surface area contributed by atoms with Gasteiger partial charge in [-0.3, -0.25) is 4.98 Å². The van der Waals surface area contributed by atoms with Crippen molar-refractivity contribution < 1.29 is 4.52 Å². The molecule has 0 atom stereocenters. The summed E-state index contributed by atoms with van der Waals surface area (Å²) in [6.07, 6.45) is 1.67. The van der Waals surface area contributed by atoms with Crippen molar-refractivity contribution in [3.63, 3.8) is 0 Å². The van der Waals surface area contributed by atoms with Crippen LogP contribution in [0.15, 0.2) is 45.5 Å². The second-order valence-electron chi connectivity index (χ2n) is 4.02. The van der Waals surface area contributed by atoms with Crippen LogP contribution in [0.3, 0.4) is 0 Å². The van der Waals surface area contributed by atoms with E-state index in [9.17, 15) is 0 Å². The summed E-state index contributed by atoms with van der Waals surface area (Å²) in [6, 6.07) is 8.75. The lowest BCUT2D eigenvalue weighted by atomic mass is 10.2. The molecule has 0 aliphatic heterocycles. The Hall–Kier alpha value is -1.92. The van der Waals surface area contributed by atoms with Gasteiger partial charge in [-0.15, -0.1) is 0 Å². The largest absolute Gasteiger partial charge is 0.399 e. The van der Waals surface area contributed by atoms with Crippen molar-refractivity contribution in [3.05, 3.63) is 46.0 Å². The summed E-state index contributed by atoms with van der Waals surface area (Å²) in [5.41, 5.74) is 7.48. The molecule has 0 spiro atoms. The molecule has 0 saturated carbocycles. The quantitative estimate of drug-likeness (QED) is 0.711. The number of anilines is 1. The third-order valence-electron chi connectivity index (χ3n) is 2.61. The van der Waals surface area contributed by atoms with Gasteiger partial charge in [-0.1, -0.05) is 16.8 Å². The molecule has 2 N–H and O–H groups in total. The minimum atomic E-state index is 0.328. The molecule has 3 aromatic rings. The third-order valence-corrected chi connectivity index (χ3v) is 3.39. The van der Waals surface area contributed by atoms with Crippen molar-refractivity contribution in [1.82, 2.24) is 15.1 Å². The van der Waals surface area contributed by atoms with Crippen LogP contribution in [0.25, 0.3) is 23.0 Å². The predicted octanol–water partition coefficient (Wildman–Crippen LogP) is 3.80. The highest BCUT2D eigenvalue weighted by molar-refractivity contribution is 9.10. The number of aromatic nitrogens is 3. The van der Waals surface area contributed by atoms with E-state index in [1.54, 1.807) is 30.5 Å². The van der Waals surface area contributed by atoms with Crippen LogP contribution < -0.4 is 5.73 Å². The predicted molar refractivity (Wildman–Crippen MR) is 80.1 cm³/mol. The number of benzene rings is 1. The first-order valence-corrected chi connectivity index (χ1v) is 6.81. The van der Waals surface area contributed by atoms with E-state index in [0.717, 1.165) is 4.47 Å². The molecule has 2 aromatic heterocycles. The van der Waals surface area contributed by atoms with Crippen molar-refractivity contribution in [3.8, 4) is 23.0 Å². The number of nitrogens with two attached hydrogens (primary N) is 1. The molecule has 2 heterocycles. The van der Waals surface area contributed by atoms with Crippen LogP contribution in [0.5, 0.6) is 0 Å². The maximum absolute atomic E-state index is 6.11. The summed E-state index contributed by atoms with van der Waals surface area (Å²) in [5.74, 6) is 0.732. The number of hydrogen-bond acceptors (Lipinski definition) is 5. The van der Waals surface area contributed by atoms with Gasteiger partial charge in [0, 0.05) is 16.4 Å². The number of hydrogen-bond donors (Lipinski definition) is 1. The highest BCUT2D eigenvalue weighted by Crippen LogP contribution is 2.29. The number of pyridine rings is 1. The molecule has 20 heavy (non-hydrogen) atoms. The lowest BCUT2D eigenvalue weighted by molar-refractivity contribution is 0.432. The molecule has 1 aromatic carbocycles. The minimum Gasteiger partial charge on any atom is -0.399 e. The fourth-order valence-electron chi connectivity index (χ4n) is 1.65. The van der Waals surface area contributed by atoms with Crippen LogP contribution in [0.2, 0.25) is 5.02 Å². The van der Waals surface area contributed by atoms with Gasteiger partial charge in [0.05, 0.1) is 10.6 Å². The van der Waals surface area contributed by atoms with E-state index in [1.807, 2.05) is 6.07 Å². The zero-order chi connectivity index (χ0) is 14.1. The first-order chi connectivity index (χ1) is 9.63. The van der Waals surface area contributed by atoms with E-state index in [4.69, 9.17) is 21.9 Å². The van der Waals surface area contributed by atoms with Gasteiger partial charge < -0.3 is 10.3 Å². The summed E-state index contributed by atoms with van der Waals surface area (Å²) in [5, 5.41) is 4.36. The fourth-order valence-corrected chi connectivity index (χ4v) is 2.15. The van der Waals surface area contributed by atoms with E-state index >= 15 is 0 Å².